The van der Waals surface area contributed by atoms with E-state index >= 15 is 0 Å². The molecule has 0 radical (unpaired) electrons. The van der Waals surface area contributed by atoms with Crippen molar-refractivity contribution in [2.24, 2.45) is 5.92 Å². The molecular formula is C13H27ClN2O. The molecule has 17 heavy (non-hydrogen) atoms. The average Bonchev–Trinajstić information content (AvgIpc) is 2.38. The highest BCUT2D eigenvalue weighted by atomic mass is 35.5. The Morgan fingerprint density at radius 3 is 2.76 bits per heavy atom. The maximum absolute atomic E-state index is 5.70. The molecule has 0 amide bonds. The fourth-order valence-corrected chi connectivity index (χ4v) is 2.77. The summed E-state index contributed by atoms with van der Waals surface area (Å²) >= 11 is 0. The van der Waals surface area contributed by atoms with Crippen molar-refractivity contribution < 1.29 is 4.74 Å². The maximum Gasteiger partial charge on any atom is 0.0700 e. The number of hydrogen-bond donors (Lipinski definition) is 1. The average molecular weight is 263 g/mol. The first kappa shape index (κ1) is 15.2. The van der Waals surface area contributed by atoms with Crippen molar-refractivity contribution in [3.05, 3.63) is 0 Å². The van der Waals surface area contributed by atoms with Crippen LogP contribution in [0.4, 0.5) is 0 Å². The third-order valence-electron chi connectivity index (χ3n) is 3.99. The summed E-state index contributed by atoms with van der Waals surface area (Å²) in [5, 5.41) is 3.44. The Morgan fingerprint density at radius 1 is 1.29 bits per heavy atom. The Balaban J connectivity index is 0.00000144. The molecule has 2 rings (SSSR count). The van der Waals surface area contributed by atoms with Crippen molar-refractivity contribution in [3.8, 4) is 0 Å². The molecule has 102 valence electrons. The second-order valence-corrected chi connectivity index (χ2v) is 5.18. The molecule has 0 spiro atoms. The zero-order chi connectivity index (χ0) is 11.2. The van der Waals surface area contributed by atoms with Crippen LogP contribution < -0.4 is 5.32 Å². The highest BCUT2D eigenvalue weighted by molar-refractivity contribution is 5.85. The summed E-state index contributed by atoms with van der Waals surface area (Å²) < 4.78 is 5.70. The summed E-state index contributed by atoms with van der Waals surface area (Å²) in [4.78, 5) is 2.60. The molecule has 1 N–H and O–H groups in total. The van der Waals surface area contributed by atoms with E-state index in [9.17, 15) is 0 Å². The molecule has 0 bridgehead atoms. The molecule has 4 heteroatoms. The van der Waals surface area contributed by atoms with Gasteiger partial charge in [0.1, 0.15) is 0 Å². The van der Waals surface area contributed by atoms with E-state index in [0.29, 0.717) is 6.10 Å². The summed E-state index contributed by atoms with van der Waals surface area (Å²) in [7, 11) is 0. The molecular weight excluding hydrogens is 236 g/mol. The van der Waals surface area contributed by atoms with Gasteiger partial charge < -0.3 is 10.1 Å². The Morgan fingerprint density at radius 2 is 2.06 bits per heavy atom. The minimum atomic E-state index is 0. The van der Waals surface area contributed by atoms with Crippen LogP contribution >= 0.6 is 12.4 Å². The van der Waals surface area contributed by atoms with Crippen LogP contribution in [0, 0.1) is 5.92 Å². The van der Waals surface area contributed by atoms with E-state index in [0.717, 1.165) is 32.0 Å². The van der Waals surface area contributed by atoms with Crippen molar-refractivity contribution in [2.45, 2.75) is 38.7 Å². The van der Waals surface area contributed by atoms with Crippen LogP contribution in [0.1, 0.15) is 32.6 Å². The first-order chi connectivity index (χ1) is 7.88. The molecule has 0 aromatic rings. The molecule has 0 aromatic carbocycles. The molecule has 2 fully saturated rings. The van der Waals surface area contributed by atoms with Gasteiger partial charge in [-0.05, 0) is 51.2 Å². The van der Waals surface area contributed by atoms with Crippen molar-refractivity contribution in [3.63, 3.8) is 0 Å². The molecule has 0 aliphatic carbocycles. The number of halogens is 1. The summed E-state index contributed by atoms with van der Waals surface area (Å²) in [5.74, 6) is 0.962. The second kappa shape index (κ2) is 8.30. The van der Waals surface area contributed by atoms with Gasteiger partial charge in [0.2, 0.25) is 0 Å². The van der Waals surface area contributed by atoms with Crippen molar-refractivity contribution in [2.75, 3.05) is 39.3 Å². The van der Waals surface area contributed by atoms with Gasteiger partial charge in [-0.25, -0.2) is 0 Å². The van der Waals surface area contributed by atoms with Crippen molar-refractivity contribution in [1.82, 2.24) is 10.2 Å². The Labute approximate surface area is 112 Å². The van der Waals surface area contributed by atoms with Crippen LogP contribution in [0.2, 0.25) is 0 Å². The molecule has 2 aliphatic rings. The molecule has 3 nitrogen and oxygen atoms in total. The van der Waals surface area contributed by atoms with Gasteiger partial charge in [-0.2, -0.15) is 0 Å². The monoisotopic (exact) mass is 262 g/mol. The van der Waals surface area contributed by atoms with Gasteiger partial charge in [-0.15, -0.1) is 12.4 Å². The summed E-state index contributed by atoms with van der Waals surface area (Å²) in [6, 6.07) is 0. The van der Waals surface area contributed by atoms with E-state index in [-0.39, 0.29) is 12.4 Å². The maximum atomic E-state index is 5.70. The first-order valence-corrected chi connectivity index (χ1v) is 6.93. The van der Waals surface area contributed by atoms with Gasteiger partial charge in [-0.1, -0.05) is 6.92 Å². The summed E-state index contributed by atoms with van der Waals surface area (Å²) in [6.45, 7) is 9.19. The van der Waals surface area contributed by atoms with Crippen LogP contribution in [-0.4, -0.2) is 50.3 Å². The molecule has 0 aromatic heterocycles. The predicted octanol–water partition coefficient (Wildman–Crippen LogP) is 1.91. The molecule has 1 unspecified atom stereocenters. The van der Waals surface area contributed by atoms with Crippen LogP contribution in [0.15, 0.2) is 0 Å². The standard InChI is InChI=1S/C13H26N2O.ClH/c1-2-13-11-15(9-10-16-13)8-5-12-3-6-14-7-4-12;/h12-14H,2-11H2,1H3;1H. The van der Waals surface area contributed by atoms with E-state index in [1.807, 2.05) is 0 Å². The lowest BCUT2D eigenvalue weighted by Crippen LogP contribution is -2.43. The van der Waals surface area contributed by atoms with E-state index in [2.05, 4.69) is 17.1 Å². The molecule has 2 saturated heterocycles. The molecule has 1 atom stereocenters. The molecule has 2 aliphatic heterocycles. The van der Waals surface area contributed by atoms with E-state index in [4.69, 9.17) is 4.74 Å². The number of nitrogens with one attached hydrogen (secondary N) is 1. The lowest BCUT2D eigenvalue weighted by atomic mass is 9.94. The van der Waals surface area contributed by atoms with Crippen LogP contribution in [-0.2, 0) is 4.74 Å². The number of morpholine rings is 1. The number of nitrogens with zero attached hydrogens (tertiary/aromatic N) is 1. The zero-order valence-corrected chi connectivity index (χ0v) is 11.8. The van der Waals surface area contributed by atoms with E-state index in [1.54, 1.807) is 0 Å². The third-order valence-corrected chi connectivity index (χ3v) is 3.99. The smallest absolute Gasteiger partial charge is 0.0700 e. The highest BCUT2D eigenvalue weighted by Gasteiger charge is 2.20. The van der Waals surface area contributed by atoms with Gasteiger partial charge in [0.05, 0.1) is 12.7 Å². The lowest BCUT2D eigenvalue weighted by Gasteiger charge is -2.33. The topological polar surface area (TPSA) is 24.5 Å². The second-order valence-electron chi connectivity index (χ2n) is 5.18. The number of ether oxygens (including phenoxy) is 1. The fourth-order valence-electron chi connectivity index (χ4n) is 2.77. The van der Waals surface area contributed by atoms with E-state index < -0.39 is 0 Å². The molecule has 0 saturated carbocycles. The fraction of sp³-hybridized carbons (Fsp3) is 1.00. The zero-order valence-electron chi connectivity index (χ0n) is 11.0. The van der Waals surface area contributed by atoms with Crippen LogP contribution in [0.25, 0.3) is 0 Å². The Kier molecular flexibility index (Phi) is 7.44. The van der Waals surface area contributed by atoms with Crippen molar-refractivity contribution >= 4 is 12.4 Å². The quantitative estimate of drug-likeness (QED) is 0.838. The van der Waals surface area contributed by atoms with Gasteiger partial charge >= 0.3 is 0 Å². The van der Waals surface area contributed by atoms with Crippen molar-refractivity contribution in [1.29, 1.82) is 0 Å². The Hall–Kier alpha value is 0.170. The van der Waals surface area contributed by atoms with Gasteiger partial charge in [0.25, 0.3) is 0 Å². The minimum absolute atomic E-state index is 0. The van der Waals surface area contributed by atoms with Gasteiger partial charge in [0.15, 0.2) is 0 Å². The number of rotatable bonds is 4. The van der Waals surface area contributed by atoms with Gasteiger partial charge in [-0.3, -0.25) is 4.90 Å². The summed E-state index contributed by atoms with van der Waals surface area (Å²) in [5.41, 5.74) is 0. The Bertz CT molecular complexity index is 198. The lowest BCUT2D eigenvalue weighted by molar-refractivity contribution is -0.0312. The van der Waals surface area contributed by atoms with Crippen LogP contribution in [0.5, 0.6) is 0 Å². The third kappa shape index (κ3) is 5.12. The predicted molar refractivity (Wildman–Crippen MR) is 73.9 cm³/mol. The van der Waals surface area contributed by atoms with Gasteiger partial charge in [0, 0.05) is 13.1 Å². The first-order valence-electron chi connectivity index (χ1n) is 6.93. The normalized spacial score (nSPS) is 27.7. The largest absolute Gasteiger partial charge is 0.376 e. The van der Waals surface area contributed by atoms with Crippen LogP contribution in [0.3, 0.4) is 0 Å². The summed E-state index contributed by atoms with van der Waals surface area (Å²) in [6.07, 6.45) is 5.78. The molecule has 2 heterocycles. The number of hydrogen-bond acceptors (Lipinski definition) is 3. The number of piperidine rings is 1. The minimum Gasteiger partial charge on any atom is -0.376 e. The highest BCUT2D eigenvalue weighted by Crippen LogP contribution is 2.17. The SMILES string of the molecule is CCC1CN(CCC2CCNCC2)CCO1.Cl. The van der Waals surface area contributed by atoms with E-state index in [1.165, 1.54) is 38.9 Å².